The maximum Gasteiger partial charge on any atom is 0.101 e. The quantitative estimate of drug-likeness (QED) is 0.558. The first-order valence-electron chi connectivity index (χ1n) is 2.35. The third-order valence-electron chi connectivity index (χ3n) is 0.682. The van der Waals surface area contributed by atoms with Gasteiger partial charge in [0.25, 0.3) is 0 Å². The number of alkyl halides is 1. The molecule has 8 heavy (non-hydrogen) atoms. The van der Waals surface area contributed by atoms with Gasteiger partial charge in [0.2, 0.25) is 0 Å². The minimum atomic E-state index is 0. The summed E-state index contributed by atoms with van der Waals surface area (Å²) in [6.07, 6.45) is 2.03. The van der Waals surface area contributed by atoms with Gasteiger partial charge < -0.3 is 0 Å². The summed E-state index contributed by atoms with van der Waals surface area (Å²) in [5.41, 5.74) is 0. The van der Waals surface area contributed by atoms with Crippen molar-refractivity contribution >= 4 is 15.9 Å². The van der Waals surface area contributed by atoms with Crippen molar-refractivity contribution in [2.75, 3.05) is 0 Å². The summed E-state index contributed by atoms with van der Waals surface area (Å²) in [5.74, 6) is 0. The smallest absolute Gasteiger partial charge is 0.101 e. The van der Waals surface area contributed by atoms with Crippen LogP contribution in [0.3, 0.4) is 0 Å². The molecule has 0 N–H and O–H groups in total. The molecular weight excluding hydrogens is 266 g/mol. The fourth-order valence-corrected chi connectivity index (χ4v) is 0.776. The third-order valence-corrected chi connectivity index (χ3v) is 1.34. The Hall–Kier alpha value is 0.892. The van der Waals surface area contributed by atoms with Crippen LogP contribution < -0.4 is 0 Å². The van der Waals surface area contributed by atoms with Gasteiger partial charge in [-0.15, -0.1) is 0 Å². The minimum Gasteiger partial charge on any atom is -0.197 e. The van der Waals surface area contributed by atoms with E-state index in [9.17, 15) is 0 Å². The van der Waals surface area contributed by atoms with Crippen molar-refractivity contribution in [2.24, 2.45) is 0 Å². The molecule has 0 radical (unpaired) electrons. The molecule has 1 atom stereocenters. The first-order chi connectivity index (χ1) is 3.31. The molecule has 1 nitrogen and oxygen atoms in total. The molecule has 1 unspecified atom stereocenters. The summed E-state index contributed by atoms with van der Waals surface area (Å²) in [7, 11) is 0. The van der Waals surface area contributed by atoms with E-state index >= 15 is 0 Å². The molecular formula is C5H8BrCdN. The third kappa shape index (κ3) is 6.89. The Labute approximate surface area is 78.7 Å². The average molecular weight is 274 g/mol. The van der Waals surface area contributed by atoms with Crippen molar-refractivity contribution < 1.29 is 27.3 Å². The van der Waals surface area contributed by atoms with Crippen LogP contribution in [0.5, 0.6) is 0 Å². The van der Waals surface area contributed by atoms with Crippen LogP contribution >= 0.6 is 15.9 Å². The van der Waals surface area contributed by atoms with E-state index in [0.717, 1.165) is 12.8 Å². The predicted molar refractivity (Wildman–Crippen MR) is 33.2 cm³/mol. The van der Waals surface area contributed by atoms with Gasteiger partial charge in [0, 0.05) is 27.3 Å². The molecule has 0 aliphatic carbocycles. The van der Waals surface area contributed by atoms with Gasteiger partial charge in [0.15, 0.2) is 0 Å². The maximum absolute atomic E-state index is 8.17. The largest absolute Gasteiger partial charge is 0.197 e. The fourth-order valence-electron chi connectivity index (χ4n) is 0.318. The Morgan fingerprint density at radius 3 is 2.38 bits per heavy atom. The topological polar surface area (TPSA) is 23.8 Å². The molecule has 0 aliphatic rings. The standard InChI is InChI=1S/C5H8BrN.Cd/c1-2-3-5(6)4-7;/h5H,2-3H2,1H3;. The van der Waals surface area contributed by atoms with Gasteiger partial charge in [-0.3, -0.25) is 0 Å². The normalized spacial score (nSPS) is 11.1. The number of hydrogen-bond acceptors (Lipinski definition) is 1. The molecule has 3 heteroatoms. The van der Waals surface area contributed by atoms with E-state index in [1.807, 2.05) is 0 Å². The molecule has 0 rings (SSSR count). The molecule has 0 saturated heterocycles. The minimum absolute atomic E-state index is 0. The number of nitrogens with zero attached hydrogens (tertiary/aromatic N) is 1. The molecule has 0 bridgehead atoms. The molecule has 0 saturated carbocycles. The van der Waals surface area contributed by atoms with Gasteiger partial charge in [-0.1, -0.05) is 29.3 Å². The van der Waals surface area contributed by atoms with Crippen molar-refractivity contribution in [1.29, 1.82) is 5.26 Å². The van der Waals surface area contributed by atoms with Gasteiger partial charge in [0.05, 0.1) is 6.07 Å². The maximum atomic E-state index is 8.17. The SMILES string of the molecule is CCCC(Br)C#N.[Cd]. The van der Waals surface area contributed by atoms with Gasteiger partial charge in [-0.05, 0) is 6.42 Å². The van der Waals surface area contributed by atoms with Gasteiger partial charge in [0.1, 0.15) is 4.83 Å². The van der Waals surface area contributed by atoms with Crippen LogP contribution in [0.15, 0.2) is 0 Å². The first-order valence-corrected chi connectivity index (χ1v) is 3.26. The van der Waals surface area contributed by atoms with Crippen LogP contribution in [0.2, 0.25) is 0 Å². The Balaban J connectivity index is 0. The summed E-state index contributed by atoms with van der Waals surface area (Å²) >= 11 is 3.18. The van der Waals surface area contributed by atoms with E-state index in [1.165, 1.54) is 0 Å². The van der Waals surface area contributed by atoms with Gasteiger partial charge >= 0.3 is 0 Å². The van der Waals surface area contributed by atoms with Crippen LogP contribution in [-0.4, -0.2) is 4.83 Å². The summed E-state index contributed by atoms with van der Waals surface area (Å²) in [6, 6.07) is 2.08. The van der Waals surface area contributed by atoms with E-state index in [-0.39, 0.29) is 32.1 Å². The van der Waals surface area contributed by atoms with Crippen molar-refractivity contribution in [1.82, 2.24) is 0 Å². The van der Waals surface area contributed by atoms with E-state index < -0.39 is 0 Å². The Morgan fingerprint density at radius 2 is 2.25 bits per heavy atom. The van der Waals surface area contributed by atoms with E-state index in [4.69, 9.17) is 5.26 Å². The van der Waals surface area contributed by atoms with E-state index in [0.29, 0.717) is 0 Å². The molecule has 0 aromatic carbocycles. The second-order valence-corrected chi connectivity index (χ2v) is 2.49. The van der Waals surface area contributed by atoms with Gasteiger partial charge in [-0.2, -0.15) is 5.26 Å². The molecule has 0 aromatic rings. The molecule has 0 heterocycles. The number of rotatable bonds is 2. The second-order valence-electron chi connectivity index (χ2n) is 1.39. The van der Waals surface area contributed by atoms with Crippen molar-refractivity contribution in [3.63, 3.8) is 0 Å². The monoisotopic (exact) mass is 275 g/mol. The Kier molecular flexibility index (Phi) is 11.5. The summed E-state index contributed by atoms with van der Waals surface area (Å²) in [5, 5.41) is 8.17. The van der Waals surface area contributed by atoms with Gasteiger partial charge in [-0.25, -0.2) is 0 Å². The van der Waals surface area contributed by atoms with Crippen LogP contribution in [0.4, 0.5) is 0 Å². The average Bonchev–Trinajstić information content (AvgIpc) is 1.68. The predicted octanol–water partition coefficient (Wildman–Crippen LogP) is 2.07. The molecule has 0 amide bonds. The second kappa shape index (κ2) is 7.89. The first kappa shape index (κ1) is 11.7. The zero-order valence-corrected chi connectivity index (χ0v) is 10.6. The summed E-state index contributed by atoms with van der Waals surface area (Å²) in [6.45, 7) is 2.06. The van der Waals surface area contributed by atoms with Crippen molar-refractivity contribution in [3.05, 3.63) is 0 Å². The van der Waals surface area contributed by atoms with Crippen LogP contribution in [-0.2, 0) is 27.3 Å². The summed E-state index contributed by atoms with van der Waals surface area (Å²) < 4.78 is 0. The van der Waals surface area contributed by atoms with Crippen LogP contribution in [0.1, 0.15) is 19.8 Å². The molecule has 0 fully saturated rings. The van der Waals surface area contributed by atoms with E-state index in [1.54, 1.807) is 0 Å². The van der Waals surface area contributed by atoms with E-state index in [2.05, 4.69) is 28.9 Å². The number of hydrogen-bond donors (Lipinski definition) is 0. The summed E-state index contributed by atoms with van der Waals surface area (Å²) in [4.78, 5) is 0.0671. The molecule has 0 aromatic heterocycles. The van der Waals surface area contributed by atoms with Crippen LogP contribution in [0, 0.1) is 11.3 Å². The Morgan fingerprint density at radius 1 is 1.75 bits per heavy atom. The van der Waals surface area contributed by atoms with Crippen LogP contribution in [0.25, 0.3) is 0 Å². The Bertz CT molecular complexity index is 79.0. The fraction of sp³-hybridized carbons (Fsp3) is 0.800. The zero-order valence-electron chi connectivity index (χ0n) is 5.02. The number of halogens is 1. The van der Waals surface area contributed by atoms with Crippen molar-refractivity contribution in [3.8, 4) is 6.07 Å². The zero-order chi connectivity index (χ0) is 5.70. The molecule has 42 valence electrons. The molecule has 0 aliphatic heterocycles. The van der Waals surface area contributed by atoms with Crippen molar-refractivity contribution in [2.45, 2.75) is 24.6 Å². The number of nitriles is 1. The molecule has 0 spiro atoms.